The highest BCUT2D eigenvalue weighted by Gasteiger charge is 2.27. The van der Waals surface area contributed by atoms with Crippen LogP contribution in [-0.4, -0.2) is 11.6 Å². The van der Waals surface area contributed by atoms with Gasteiger partial charge in [-0.25, -0.2) is 4.98 Å². The van der Waals surface area contributed by atoms with E-state index in [1.165, 1.54) is 44.9 Å². The van der Waals surface area contributed by atoms with E-state index in [4.69, 9.17) is 4.74 Å². The number of halogens is 1. The van der Waals surface area contributed by atoms with Crippen molar-refractivity contribution in [1.29, 1.82) is 0 Å². The van der Waals surface area contributed by atoms with Gasteiger partial charge >= 0.3 is 0 Å². The summed E-state index contributed by atoms with van der Waals surface area (Å²) in [6.07, 6.45) is 12.1. The van der Waals surface area contributed by atoms with Gasteiger partial charge in [0.15, 0.2) is 5.75 Å². The lowest BCUT2D eigenvalue weighted by Gasteiger charge is -2.29. The van der Waals surface area contributed by atoms with E-state index in [-0.39, 0.29) is 5.75 Å². The van der Waals surface area contributed by atoms with Crippen molar-refractivity contribution in [2.75, 3.05) is 6.61 Å². The summed E-state index contributed by atoms with van der Waals surface area (Å²) in [6.45, 7) is 2.34. The third-order valence-corrected chi connectivity index (χ3v) is 5.54. The van der Waals surface area contributed by atoms with Crippen LogP contribution in [0.5, 0.6) is 5.75 Å². The first kappa shape index (κ1) is 15.8. The smallest absolute Gasteiger partial charge is 0.255 e. The lowest BCUT2D eigenvalue weighted by Crippen LogP contribution is -2.16. The van der Waals surface area contributed by atoms with E-state index in [0.717, 1.165) is 30.4 Å². The summed E-state index contributed by atoms with van der Waals surface area (Å²) in [5, 5.41) is 0. The van der Waals surface area contributed by atoms with E-state index in [2.05, 4.69) is 4.98 Å². The molecule has 0 N–H and O–H groups in total. The van der Waals surface area contributed by atoms with Crippen molar-refractivity contribution in [3.05, 3.63) is 23.8 Å². The van der Waals surface area contributed by atoms with E-state index < -0.39 is 5.95 Å². The van der Waals surface area contributed by atoms with Gasteiger partial charge in [0, 0.05) is 11.6 Å². The van der Waals surface area contributed by atoms with Crippen LogP contribution in [0, 0.1) is 17.8 Å². The van der Waals surface area contributed by atoms with Crippen LogP contribution in [0.3, 0.4) is 0 Å². The summed E-state index contributed by atoms with van der Waals surface area (Å²) in [5.41, 5.74) is 0.917. The van der Waals surface area contributed by atoms with Gasteiger partial charge in [-0.3, -0.25) is 0 Å². The maximum absolute atomic E-state index is 13.9. The molecule has 2 aliphatic carbocycles. The summed E-state index contributed by atoms with van der Waals surface area (Å²) in [4.78, 5) is 4.15. The van der Waals surface area contributed by atoms with Gasteiger partial charge in [0.25, 0.3) is 5.95 Å². The van der Waals surface area contributed by atoms with Crippen molar-refractivity contribution >= 4 is 0 Å². The Morgan fingerprint density at radius 2 is 1.73 bits per heavy atom. The lowest BCUT2D eigenvalue weighted by atomic mass is 9.76. The molecule has 0 atom stereocenters. The minimum Gasteiger partial charge on any atom is -0.489 e. The summed E-state index contributed by atoms with van der Waals surface area (Å²) >= 11 is 0. The summed E-state index contributed by atoms with van der Waals surface area (Å²) < 4.78 is 19.1. The minimum absolute atomic E-state index is 0.279. The normalized spacial score (nSPS) is 26.3. The molecule has 0 aliphatic heterocycles. The first-order valence-electron chi connectivity index (χ1n) is 9.05. The van der Waals surface area contributed by atoms with Crippen molar-refractivity contribution < 1.29 is 9.13 Å². The molecule has 0 aromatic carbocycles. The second-order valence-corrected chi connectivity index (χ2v) is 7.06. The molecule has 2 nitrogen and oxygen atoms in total. The van der Waals surface area contributed by atoms with Crippen molar-refractivity contribution in [2.45, 2.75) is 70.6 Å². The Labute approximate surface area is 133 Å². The maximum Gasteiger partial charge on any atom is 0.255 e. The van der Waals surface area contributed by atoms with Gasteiger partial charge in [0.05, 0.1) is 6.61 Å². The van der Waals surface area contributed by atoms with Gasteiger partial charge < -0.3 is 4.74 Å². The molecular formula is C19H28FNO. The molecule has 3 rings (SSSR count). The van der Waals surface area contributed by atoms with E-state index >= 15 is 0 Å². The molecular weight excluding hydrogens is 277 g/mol. The van der Waals surface area contributed by atoms with Crippen LogP contribution in [0.2, 0.25) is 0 Å². The largest absolute Gasteiger partial charge is 0.489 e. The second-order valence-electron chi connectivity index (χ2n) is 7.06. The fourth-order valence-corrected chi connectivity index (χ4v) is 4.34. The molecule has 0 spiro atoms. The molecule has 2 aliphatic rings. The Bertz CT molecular complexity index is 476. The molecule has 3 heteroatoms. The van der Waals surface area contributed by atoms with Crippen LogP contribution in [-0.2, 0) is 0 Å². The Morgan fingerprint density at radius 3 is 2.36 bits per heavy atom. The van der Waals surface area contributed by atoms with E-state index in [9.17, 15) is 4.39 Å². The van der Waals surface area contributed by atoms with Crippen molar-refractivity contribution in [3.8, 4) is 5.75 Å². The highest BCUT2D eigenvalue weighted by molar-refractivity contribution is 5.23. The predicted octanol–water partition coefficient (Wildman–Crippen LogP) is 5.47. The van der Waals surface area contributed by atoms with Gasteiger partial charge in [-0.1, -0.05) is 25.7 Å². The summed E-state index contributed by atoms with van der Waals surface area (Å²) in [6, 6.07) is 3.70. The van der Waals surface area contributed by atoms with Crippen LogP contribution in [0.15, 0.2) is 12.1 Å². The predicted molar refractivity (Wildman–Crippen MR) is 86.6 cm³/mol. The molecule has 0 saturated heterocycles. The fourth-order valence-electron chi connectivity index (χ4n) is 4.34. The zero-order chi connectivity index (χ0) is 15.4. The van der Waals surface area contributed by atoms with E-state index in [1.807, 2.05) is 13.0 Å². The van der Waals surface area contributed by atoms with Crippen LogP contribution in [0.25, 0.3) is 0 Å². The number of nitrogens with zero attached hydrogens (tertiary/aromatic N) is 1. The minimum atomic E-state index is -0.451. The molecule has 0 radical (unpaired) electrons. The van der Waals surface area contributed by atoms with Crippen LogP contribution in [0.1, 0.15) is 76.3 Å². The number of hydrogen-bond acceptors (Lipinski definition) is 2. The van der Waals surface area contributed by atoms with Gasteiger partial charge in [-0.2, -0.15) is 4.39 Å². The third-order valence-electron chi connectivity index (χ3n) is 5.54. The SMILES string of the molecule is CCOc1ccc(C2CCC(CC3CCCC3)CC2)nc1F. The molecule has 2 fully saturated rings. The van der Waals surface area contributed by atoms with E-state index in [1.54, 1.807) is 6.07 Å². The number of aromatic nitrogens is 1. The number of pyridine rings is 1. The summed E-state index contributed by atoms with van der Waals surface area (Å²) in [5.74, 6) is 2.15. The van der Waals surface area contributed by atoms with Crippen molar-refractivity contribution in [2.24, 2.45) is 11.8 Å². The molecule has 22 heavy (non-hydrogen) atoms. The second kappa shape index (κ2) is 7.43. The molecule has 1 aromatic heterocycles. The molecule has 0 unspecified atom stereocenters. The Balaban J connectivity index is 1.53. The third kappa shape index (κ3) is 3.80. The van der Waals surface area contributed by atoms with Crippen molar-refractivity contribution in [1.82, 2.24) is 4.98 Å². The average Bonchev–Trinajstić information content (AvgIpc) is 3.03. The van der Waals surface area contributed by atoms with Gasteiger partial charge in [0.1, 0.15) is 0 Å². The maximum atomic E-state index is 13.9. The Hall–Kier alpha value is -1.12. The molecule has 1 heterocycles. The number of rotatable bonds is 5. The highest BCUT2D eigenvalue weighted by Crippen LogP contribution is 2.40. The number of ether oxygens (including phenoxy) is 1. The highest BCUT2D eigenvalue weighted by atomic mass is 19.1. The number of hydrogen-bond donors (Lipinski definition) is 0. The van der Waals surface area contributed by atoms with Crippen LogP contribution < -0.4 is 4.74 Å². The first-order chi connectivity index (χ1) is 10.8. The van der Waals surface area contributed by atoms with Gasteiger partial charge in [0.2, 0.25) is 0 Å². The first-order valence-corrected chi connectivity index (χ1v) is 9.05. The van der Waals surface area contributed by atoms with Gasteiger partial charge in [-0.05, 0) is 63.0 Å². The zero-order valence-electron chi connectivity index (χ0n) is 13.7. The molecule has 122 valence electrons. The zero-order valence-corrected chi connectivity index (χ0v) is 13.7. The molecule has 0 amide bonds. The quantitative estimate of drug-likeness (QED) is 0.673. The Morgan fingerprint density at radius 1 is 1.05 bits per heavy atom. The summed E-state index contributed by atoms with van der Waals surface area (Å²) in [7, 11) is 0. The van der Waals surface area contributed by atoms with Gasteiger partial charge in [-0.15, -0.1) is 0 Å². The van der Waals surface area contributed by atoms with E-state index in [0.29, 0.717) is 12.5 Å². The van der Waals surface area contributed by atoms with Crippen LogP contribution in [0.4, 0.5) is 4.39 Å². The fraction of sp³-hybridized carbons (Fsp3) is 0.737. The van der Waals surface area contributed by atoms with Crippen molar-refractivity contribution in [3.63, 3.8) is 0 Å². The van der Waals surface area contributed by atoms with Crippen LogP contribution >= 0.6 is 0 Å². The monoisotopic (exact) mass is 305 g/mol. The lowest BCUT2D eigenvalue weighted by molar-refractivity contribution is 0.266. The average molecular weight is 305 g/mol. The molecule has 1 aromatic rings. The molecule has 2 saturated carbocycles. The molecule has 0 bridgehead atoms. The Kier molecular flexibility index (Phi) is 5.32. The topological polar surface area (TPSA) is 22.1 Å². The standard InChI is InChI=1S/C19H28FNO/c1-2-22-18-12-11-17(21-19(18)20)16-9-7-15(8-10-16)13-14-5-3-4-6-14/h11-12,14-16H,2-10,13H2,1H3.